The molecule has 1 aromatic heterocycles. The summed E-state index contributed by atoms with van der Waals surface area (Å²) in [6.45, 7) is 4.28. The van der Waals surface area contributed by atoms with Crippen LogP contribution in [0.2, 0.25) is 15.1 Å². The lowest BCUT2D eigenvalue weighted by Gasteiger charge is -2.09. The first kappa shape index (κ1) is 12.9. The third-order valence-electron chi connectivity index (χ3n) is 2.48. The topological polar surface area (TPSA) is 12.9 Å². The van der Waals surface area contributed by atoms with E-state index >= 15 is 0 Å². The quantitative estimate of drug-likeness (QED) is 0.721. The molecule has 1 nitrogen and oxygen atoms in total. The van der Waals surface area contributed by atoms with E-state index < -0.39 is 0 Å². The summed E-state index contributed by atoms with van der Waals surface area (Å²) < 4.78 is 0. The highest BCUT2D eigenvalue weighted by Crippen LogP contribution is 2.34. The molecule has 1 aromatic carbocycles. The third kappa shape index (κ3) is 2.67. The summed E-state index contributed by atoms with van der Waals surface area (Å²) in [6, 6.07) is 5.35. The van der Waals surface area contributed by atoms with Crippen molar-refractivity contribution in [2.45, 2.75) is 20.3 Å². The Bertz CT molecular complexity index is 564. The van der Waals surface area contributed by atoms with E-state index in [9.17, 15) is 0 Å². The molecule has 0 saturated carbocycles. The molecule has 0 amide bonds. The Labute approximate surface area is 116 Å². The van der Waals surface area contributed by atoms with Gasteiger partial charge in [0, 0.05) is 11.1 Å². The van der Waals surface area contributed by atoms with E-state index in [0.29, 0.717) is 26.5 Å². The van der Waals surface area contributed by atoms with E-state index in [1.165, 1.54) is 0 Å². The second-order valence-corrected chi connectivity index (χ2v) is 5.67. The smallest absolute Gasteiger partial charge is 0.0921 e. The van der Waals surface area contributed by atoms with Crippen molar-refractivity contribution < 1.29 is 0 Å². The van der Waals surface area contributed by atoms with Gasteiger partial charge in [0.25, 0.3) is 0 Å². The van der Waals surface area contributed by atoms with E-state index in [4.69, 9.17) is 34.8 Å². The van der Waals surface area contributed by atoms with Crippen LogP contribution in [0.4, 0.5) is 0 Å². The van der Waals surface area contributed by atoms with Gasteiger partial charge in [0.2, 0.25) is 0 Å². The Hall–Kier alpha value is -0.500. The fourth-order valence-corrected chi connectivity index (χ4v) is 2.61. The average Bonchev–Trinajstić information content (AvgIpc) is 2.22. The summed E-state index contributed by atoms with van der Waals surface area (Å²) in [6.07, 6.45) is 0.874. The van der Waals surface area contributed by atoms with Crippen LogP contribution in [0.15, 0.2) is 18.2 Å². The first-order chi connectivity index (χ1) is 7.99. The number of hydrogen-bond acceptors (Lipinski definition) is 1. The molecule has 0 radical (unpaired) electrons. The monoisotopic (exact) mass is 287 g/mol. The molecule has 0 fully saturated rings. The number of rotatable bonds is 2. The van der Waals surface area contributed by atoms with Crippen LogP contribution in [-0.2, 0) is 6.42 Å². The van der Waals surface area contributed by atoms with Gasteiger partial charge in [-0.2, -0.15) is 0 Å². The van der Waals surface area contributed by atoms with Gasteiger partial charge in [0.05, 0.1) is 20.6 Å². The van der Waals surface area contributed by atoms with Crippen LogP contribution in [0.25, 0.3) is 10.9 Å². The number of pyridine rings is 1. The average molecular weight is 289 g/mol. The van der Waals surface area contributed by atoms with Gasteiger partial charge in [-0.15, -0.1) is 0 Å². The predicted molar refractivity (Wildman–Crippen MR) is 75.3 cm³/mol. The van der Waals surface area contributed by atoms with Crippen molar-refractivity contribution >= 4 is 45.7 Å². The molecule has 0 spiro atoms. The molecule has 0 saturated heterocycles. The first-order valence-electron chi connectivity index (χ1n) is 5.42. The number of benzene rings is 1. The minimum absolute atomic E-state index is 0.522. The van der Waals surface area contributed by atoms with Gasteiger partial charge < -0.3 is 0 Å². The number of fused-ring (bicyclic) bond motifs is 1. The Balaban J connectivity index is 2.68. The molecular weight excluding hydrogens is 277 g/mol. The summed E-state index contributed by atoms with van der Waals surface area (Å²) in [4.78, 5) is 4.54. The maximum absolute atomic E-state index is 6.24. The number of aromatic nitrogens is 1. The van der Waals surface area contributed by atoms with Crippen molar-refractivity contribution in [1.29, 1.82) is 0 Å². The molecule has 0 bridgehead atoms. The van der Waals surface area contributed by atoms with Crippen LogP contribution in [0.1, 0.15) is 19.5 Å². The minimum atomic E-state index is 0.522. The minimum Gasteiger partial charge on any atom is -0.251 e. The van der Waals surface area contributed by atoms with Gasteiger partial charge in [-0.3, -0.25) is 4.98 Å². The lowest BCUT2D eigenvalue weighted by atomic mass is 10.1. The van der Waals surface area contributed by atoms with Gasteiger partial charge in [0.1, 0.15) is 0 Å². The summed E-state index contributed by atoms with van der Waals surface area (Å²) in [5, 5.41) is 2.50. The molecule has 2 aromatic rings. The zero-order valence-corrected chi connectivity index (χ0v) is 11.9. The van der Waals surface area contributed by atoms with Crippen LogP contribution in [-0.4, -0.2) is 4.98 Å². The molecule has 0 aliphatic carbocycles. The Morgan fingerprint density at radius 2 is 1.71 bits per heavy atom. The summed E-state index contributed by atoms with van der Waals surface area (Å²) in [7, 11) is 0. The fraction of sp³-hybridized carbons (Fsp3) is 0.308. The van der Waals surface area contributed by atoms with Gasteiger partial charge in [-0.05, 0) is 30.5 Å². The van der Waals surface area contributed by atoms with Crippen molar-refractivity contribution in [2.75, 3.05) is 0 Å². The van der Waals surface area contributed by atoms with Gasteiger partial charge in [-0.1, -0.05) is 48.7 Å². The lowest BCUT2D eigenvalue weighted by Crippen LogP contribution is -1.98. The molecule has 0 N–H and O–H groups in total. The number of halogens is 3. The summed E-state index contributed by atoms with van der Waals surface area (Å²) >= 11 is 18.5. The Morgan fingerprint density at radius 1 is 1.06 bits per heavy atom. The van der Waals surface area contributed by atoms with Crippen molar-refractivity contribution in [3.8, 4) is 0 Å². The van der Waals surface area contributed by atoms with Gasteiger partial charge in [-0.25, -0.2) is 0 Å². The highest BCUT2D eigenvalue weighted by molar-refractivity contribution is 6.44. The molecule has 2 rings (SSSR count). The molecule has 90 valence electrons. The first-order valence-corrected chi connectivity index (χ1v) is 6.55. The van der Waals surface area contributed by atoms with E-state index in [1.807, 2.05) is 6.07 Å². The lowest BCUT2D eigenvalue weighted by molar-refractivity contribution is 0.637. The van der Waals surface area contributed by atoms with Gasteiger partial charge in [0.15, 0.2) is 0 Å². The molecule has 17 heavy (non-hydrogen) atoms. The SMILES string of the molecule is CC(C)Cc1cc(Cl)c2c(Cl)ccc(Cl)c2n1. The molecule has 0 atom stereocenters. The highest BCUT2D eigenvalue weighted by atomic mass is 35.5. The van der Waals surface area contributed by atoms with E-state index in [1.54, 1.807) is 12.1 Å². The normalized spacial score (nSPS) is 11.4. The number of nitrogens with zero attached hydrogens (tertiary/aromatic N) is 1. The van der Waals surface area contributed by atoms with Crippen LogP contribution in [0.5, 0.6) is 0 Å². The predicted octanol–water partition coefficient (Wildman–Crippen LogP) is 5.39. The standard InChI is InChI=1S/C13H12Cl3N/c1-7(2)5-8-6-11(16)12-9(14)3-4-10(15)13(12)17-8/h3-4,6-7H,5H2,1-2H3. The maximum Gasteiger partial charge on any atom is 0.0921 e. The van der Waals surface area contributed by atoms with Crippen LogP contribution >= 0.6 is 34.8 Å². The van der Waals surface area contributed by atoms with Crippen LogP contribution in [0, 0.1) is 5.92 Å². The van der Waals surface area contributed by atoms with Crippen molar-refractivity contribution in [2.24, 2.45) is 5.92 Å². The molecule has 0 aliphatic rings. The third-order valence-corrected chi connectivity index (χ3v) is 3.40. The molecular formula is C13H12Cl3N. The second kappa shape index (κ2) is 5.01. The van der Waals surface area contributed by atoms with E-state index in [-0.39, 0.29) is 0 Å². The van der Waals surface area contributed by atoms with Crippen LogP contribution < -0.4 is 0 Å². The second-order valence-electron chi connectivity index (χ2n) is 4.45. The zero-order chi connectivity index (χ0) is 12.6. The van der Waals surface area contributed by atoms with E-state index in [0.717, 1.165) is 17.5 Å². The molecule has 0 unspecified atom stereocenters. The molecule has 0 aliphatic heterocycles. The largest absolute Gasteiger partial charge is 0.251 e. The van der Waals surface area contributed by atoms with Gasteiger partial charge >= 0.3 is 0 Å². The zero-order valence-electron chi connectivity index (χ0n) is 9.60. The summed E-state index contributed by atoms with van der Waals surface area (Å²) in [5.41, 5.74) is 1.63. The fourth-order valence-electron chi connectivity index (χ4n) is 1.79. The van der Waals surface area contributed by atoms with Crippen LogP contribution in [0.3, 0.4) is 0 Å². The van der Waals surface area contributed by atoms with Crippen molar-refractivity contribution in [1.82, 2.24) is 4.98 Å². The van der Waals surface area contributed by atoms with E-state index in [2.05, 4.69) is 18.8 Å². The maximum atomic E-state index is 6.24. The van der Waals surface area contributed by atoms with Crippen molar-refractivity contribution in [3.63, 3.8) is 0 Å². The Morgan fingerprint density at radius 3 is 2.35 bits per heavy atom. The Kier molecular flexibility index (Phi) is 3.82. The summed E-state index contributed by atoms with van der Waals surface area (Å²) in [5.74, 6) is 0.522. The highest BCUT2D eigenvalue weighted by Gasteiger charge is 2.11. The van der Waals surface area contributed by atoms with Crippen molar-refractivity contribution in [3.05, 3.63) is 39.0 Å². The number of hydrogen-bond donors (Lipinski definition) is 0. The molecule has 4 heteroatoms. The molecule has 1 heterocycles.